The van der Waals surface area contributed by atoms with Crippen molar-refractivity contribution in [2.75, 3.05) is 26.2 Å². The maximum atomic E-state index is 12.2. The van der Waals surface area contributed by atoms with Crippen molar-refractivity contribution in [1.29, 1.82) is 0 Å². The Morgan fingerprint density at radius 1 is 1.41 bits per heavy atom. The topological polar surface area (TPSA) is 41.6 Å². The largest absolute Gasteiger partial charge is 0.372 e. The SMILES string of the molecule is CC1(C)CN(C(=O)[C@H]2CCCCN2)CCO1.Cl. The first-order valence-electron chi connectivity index (χ1n) is 6.25. The lowest BCUT2D eigenvalue weighted by Gasteiger charge is -2.40. The zero-order chi connectivity index (χ0) is 11.6. The molecule has 17 heavy (non-hydrogen) atoms. The summed E-state index contributed by atoms with van der Waals surface area (Å²) < 4.78 is 5.62. The number of hydrogen-bond acceptors (Lipinski definition) is 3. The van der Waals surface area contributed by atoms with Crippen molar-refractivity contribution < 1.29 is 9.53 Å². The van der Waals surface area contributed by atoms with Crippen LogP contribution < -0.4 is 5.32 Å². The monoisotopic (exact) mass is 262 g/mol. The Bertz CT molecular complexity index is 265. The molecule has 2 aliphatic heterocycles. The number of hydrogen-bond donors (Lipinski definition) is 1. The predicted octanol–water partition coefficient (Wildman–Crippen LogP) is 1.19. The van der Waals surface area contributed by atoms with Crippen LogP contribution in [0.25, 0.3) is 0 Å². The highest BCUT2D eigenvalue weighted by Crippen LogP contribution is 2.18. The highest BCUT2D eigenvalue weighted by Gasteiger charge is 2.33. The Morgan fingerprint density at radius 3 is 2.76 bits per heavy atom. The standard InChI is InChI=1S/C12H22N2O2.ClH/c1-12(2)9-14(7-8-16-12)11(15)10-5-3-4-6-13-10;/h10,13H,3-9H2,1-2H3;1H/t10-;/m1./s1. The molecular formula is C12H23ClN2O2. The van der Waals surface area contributed by atoms with E-state index >= 15 is 0 Å². The first-order chi connectivity index (χ1) is 7.58. The van der Waals surface area contributed by atoms with Crippen molar-refractivity contribution in [2.24, 2.45) is 0 Å². The Kier molecular flexibility index (Phi) is 5.22. The molecule has 2 rings (SSSR count). The number of nitrogens with zero attached hydrogens (tertiary/aromatic N) is 1. The third-order valence-corrected chi connectivity index (χ3v) is 3.35. The maximum absolute atomic E-state index is 12.2. The van der Waals surface area contributed by atoms with Gasteiger partial charge in [0, 0.05) is 13.1 Å². The minimum absolute atomic E-state index is 0. The molecule has 0 unspecified atom stereocenters. The molecule has 0 aliphatic carbocycles. The lowest BCUT2D eigenvalue weighted by Crippen LogP contribution is -2.56. The molecule has 0 saturated carbocycles. The number of ether oxygens (including phenoxy) is 1. The lowest BCUT2D eigenvalue weighted by molar-refractivity contribution is -0.148. The molecule has 0 radical (unpaired) electrons. The van der Waals surface area contributed by atoms with Gasteiger partial charge in [0.1, 0.15) is 0 Å². The molecule has 5 heteroatoms. The van der Waals surface area contributed by atoms with Crippen LogP contribution in [0, 0.1) is 0 Å². The molecule has 100 valence electrons. The Labute approximate surface area is 109 Å². The third-order valence-electron chi connectivity index (χ3n) is 3.35. The zero-order valence-electron chi connectivity index (χ0n) is 10.7. The van der Waals surface area contributed by atoms with Crippen LogP contribution in [0.2, 0.25) is 0 Å². The fourth-order valence-electron chi connectivity index (χ4n) is 2.49. The molecule has 1 N–H and O–H groups in total. The summed E-state index contributed by atoms with van der Waals surface area (Å²) >= 11 is 0. The van der Waals surface area contributed by atoms with E-state index in [1.165, 1.54) is 6.42 Å². The quantitative estimate of drug-likeness (QED) is 0.772. The summed E-state index contributed by atoms with van der Waals surface area (Å²) in [5, 5.41) is 3.31. The molecule has 1 atom stereocenters. The van der Waals surface area contributed by atoms with E-state index in [1.807, 2.05) is 18.7 Å². The molecule has 0 bridgehead atoms. The van der Waals surface area contributed by atoms with Crippen LogP contribution in [-0.4, -0.2) is 48.7 Å². The molecule has 2 heterocycles. The smallest absolute Gasteiger partial charge is 0.239 e. The Balaban J connectivity index is 0.00000144. The second kappa shape index (κ2) is 6.03. The van der Waals surface area contributed by atoms with Gasteiger partial charge in [0.2, 0.25) is 5.91 Å². The average molecular weight is 263 g/mol. The highest BCUT2D eigenvalue weighted by molar-refractivity contribution is 5.85. The molecule has 4 nitrogen and oxygen atoms in total. The van der Waals surface area contributed by atoms with Crippen LogP contribution in [0.15, 0.2) is 0 Å². The van der Waals surface area contributed by atoms with Crippen molar-refractivity contribution in [3.63, 3.8) is 0 Å². The highest BCUT2D eigenvalue weighted by atomic mass is 35.5. The first-order valence-corrected chi connectivity index (χ1v) is 6.25. The van der Waals surface area contributed by atoms with E-state index in [0.29, 0.717) is 13.2 Å². The van der Waals surface area contributed by atoms with E-state index < -0.39 is 0 Å². The summed E-state index contributed by atoms with van der Waals surface area (Å²) in [6, 6.07) is 0.0441. The van der Waals surface area contributed by atoms with E-state index in [9.17, 15) is 4.79 Å². The molecular weight excluding hydrogens is 240 g/mol. The van der Waals surface area contributed by atoms with Gasteiger partial charge in [0.05, 0.1) is 18.2 Å². The van der Waals surface area contributed by atoms with Gasteiger partial charge in [-0.15, -0.1) is 12.4 Å². The maximum Gasteiger partial charge on any atom is 0.239 e. The van der Waals surface area contributed by atoms with Gasteiger partial charge in [-0.3, -0.25) is 4.79 Å². The van der Waals surface area contributed by atoms with Crippen LogP contribution >= 0.6 is 12.4 Å². The van der Waals surface area contributed by atoms with Gasteiger partial charge in [-0.05, 0) is 33.2 Å². The molecule has 0 aromatic heterocycles. The van der Waals surface area contributed by atoms with Crippen molar-refractivity contribution in [1.82, 2.24) is 10.2 Å². The number of halogens is 1. The average Bonchev–Trinajstić information content (AvgIpc) is 2.28. The first kappa shape index (κ1) is 14.7. The van der Waals surface area contributed by atoms with E-state index in [4.69, 9.17) is 4.74 Å². The van der Waals surface area contributed by atoms with Gasteiger partial charge in [0.15, 0.2) is 0 Å². The zero-order valence-corrected chi connectivity index (χ0v) is 11.5. The number of carbonyl (C=O) groups is 1. The minimum Gasteiger partial charge on any atom is -0.372 e. The van der Waals surface area contributed by atoms with Gasteiger partial charge < -0.3 is 15.0 Å². The summed E-state index contributed by atoms with van der Waals surface area (Å²) in [7, 11) is 0. The van der Waals surface area contributed by atoms with Gasteiger partial charge >= 0.3 is 0 Å². The van der Waals surface area contributed by atoms with Crippen LogP contribution in [0.1, 0.15) is 33.1 Å². The van der Waals surface area contributed by atoms with E-state index in [2.05, 4.69) is 5.32 Å². The van der Waals surface area contributed by atoms with E-state index in [1.54, 1.807) is 0 Å². The normalized spacial score (nSPS) is 28.4. The van der Waals surface area contributed by atoms with Crippen molar-refractivity contribution in [3.05, 3.63) is 0 Å². The van der Waals surface area contributed by atoms with Gasteiger partial charge in [0.25, 0.3) is 0 Å². The summed E-state index contributed by atoms with van der Waals surface area (Å²) in [6.45, 7) is 7.17. The number of morpholine rings is 1. The van der Waals surface area contributed by atoms with Crippen LogP contribution in [0.3, 0.4) is 0 Å². The third kappa shape index (κ3) is 3.83. The van der Waals surface area contributed by atoms with Crippen molar-refractivity contribution in [3.8, 4) is 0 Å². The molecule has 0 aromatic rings. The van der Waals surface area contributed by atoms with Crippen molar-refractivity contribution >= 4 is 18.3 Å². The van der Waals surface area contributed by atoms with E-state index in [0.717, 1.165) is 25.9 Å². The minimum atomic E-state index is -0.192. The molecule has 2 aliphatic rings. The second-order valence-corrected chi connectivity index (χ2v) is 5.37. The molecule has 2 saturated heterocycles. The van der Waals surface area contributed by atoms with Crippen LogP contribution in [0.5, 0.6) is 0 Å². The Morgan fingerprint density at radius 2 is 2.18 bits per heavy atom. The number of carbonyl (C=O) groups excluding carboxylic acids is 1. The van der Waals surface area contributed by atoms with Crippen LogP contribution in [-0.2, 0) is 9.53 Å². The number of amides is 1. The second-order valence-electron chi connectivity index (χ2n) is 5.37. The molecule has 2 fully saturated rings. The van der Waals surface area contributed by atoms with Gasteiger partial charge in [-0.25, -0.2) is 0 Å². The summed E-state index contributed by atoms with van der Waals surface area (Å²) in [4.78, 5) is 14.2. The molecule has 0 aromatic carbocycles. The van der Waals surface area contributed by atoms with Crippen LogP contribution in [0.4, 0.5) is 0 Å². The summed E-state index contributed by atoms with van der Waals surface area (Å²) in [6.07, 6.45) is 3.34. The number of nitrogens with one attached hydrogen (secondary N) is 1. The molecule has 0 spiro atoms. The van der Waals surface area contributed by atoms with E-state index in [-0.39, 0.29) is 30.0 Å². The van der Waals surface area contributed by atoms with Gasteiger partial charge in [-0.2, -0.15) is 0 Å². The number of piperidine rings is 1. The van der Waals surface area contributed by atoms with Gasteiger partial charge in [-0.1, -0.05) is 6.42 Å². The fraction of sp³-hybridized carbons (Fsp3) is 0.917. The molecule has 1 amide bonds. The number of rotatable bonds is 1. The fourth-order valence-corrected chi connectivity index (χ4v) is 2.49. The predicted molar refractivity (Wildman–Crippen MR) is 69.5 cm³/mol. The summed E-state index contributed by atoms with van der Waals surface area (Å²) in [5.74, 6) is 0.260. The van der Waals surface area contributed by atoms with Crippen molar-refractivity contribution in [2.45, 2.75) is 44.8 Å². The lowest BCUT2D eigenvalue weighted by atomic mass is 10.0. The summed E-state index contributed by atoms with van der Waals surface area (Å²) in [5.41, 5.74) is -0.192. The Hall–Kier alpha value is -0.320.